The lowest BCUT2D eigenvalue weighted by molar-refractivity contribution is 0.102. The number of nitrogens with two attached hydrogens (primary N) is 1. The highest BCUT2D eigenvalue weighted by Crippen LogP contribution is 2.26. The number of carbonyl (C=O) groups is 1. The summed E-state index contributed by atoms with van der Waals surface area (Å²) in [7, 11) is 0. The summed E-state index contributed by atoms with van der Waals surface area (Å²) in [5.74, 6) is -0.136. The van der Waals surface area contributed by atoms with Gasteiger partial charge in [0.2, 0.25) is 0 Å². The van der Waals surface area contributed by atoms with E-state index in [1.807, 2.05) is 39.0 Å². The van der Waals surface area contributed by atoms with Crippen LogP contribution < -0.4 is 11.1 Å². The number of nitrogens with one attached hydrogen (secondary N) is 1. The van der Waals surface area contributed by atoms with Gasteiger partial charge >= 0.3 is 0 Å². The van der Waals surface area contributed by atoms with Crippen molar-refractivity contribution < 1.29 is 4.79 Å². The van der Waals surface area contributed by atoms with Crippen molar-refractivity contribution in [2.24, 2.45) is 0 Å². The van der Waals surface area contributed by atoms with Gasteiger partial charge in [-0.15, -0.1) is 0 Å². The molecule has 4 heteroatoms. The topological polar surface area (TPSA) is 55.1 Å². The van der Waals surface area contributed by atoms with Crippen molar-refractivity contribution in [2.75, 3.05) is 11.1 Å². The lowest BCUT2D eigenvalue weighted by Crippen LogP contribution is -2.15. The first kappa shape index (κ1) is 14.6. The molecule has 0 heterocycles. The number of hydrogen-bond donors (Lipinski definition) is 2. The first-order valence-corrected chi connectivity index (χ1v) is 7.12. The maximum absolute atomic E-state index is 12.4. The smallest absolute Gasteiger partial charge is 0.256 e. The second kappa shape index (κ2) is 5.67. The zero-order valence-electron chi connectivity index (χ0n) is 11.8. The minimum atomic E-state index is -0.136. The van der Waals surface area contributed by atoms with Crippen molar-refractivity contribution in [2.45, 2.75) is 20.8 Å². The summed E-state index contributed by atoms with van der Waals surface area (Å²) in [4.78, 5) is 12.4. The Hall–Kier alpha value is -1.81. The number of amides is 1. The molecular formula is C16H17BrN2O. The molecule has 0 aliphatic rings. The van der Waals surface area contributed by atoms with Crippen LogP contribution in [-0.2, 0) is 0 Å². The molecule has 0 atom stereocenters. The summed E-state index contributed by atoms with van der Waals surface area (Å²) in [5, 5.41) is 2.97. The molecule has 0 unspecified atom stereocenters. The quantitative estimate of drug-likeness (QED) is 0.809. The number of nitrogen functional groups attached to an aromatic ring is 1. The second-order valence-electron chi connectivity index (χ2n) is 4.94. The summed E-state index contributed by atoms with van der Waals surface area (Å²) in [6, 6.07) is 9.31. The molecule has 0 aliphatic heterocycles. The zero-order valence-corrected chi connectivity index (χ0v) is 13.3. The highest BCUT2D eigenvalue weighted by molar-refractivity contribution is 9.10. The molecule has 0 aliphatic carbocycles. The van der Waals surface area contributed by atoms with Crippen LogP contribution in [0.15, 0.2) is 34.8 Å². The Morgan fingerprint density at radius 3 is 2.25 bits per heavy atom. The van der Waals surface area contributed by atoms with Crippen LogP contribution in [0.1, 0.15) is 27.0 Å². The molecule has 0 spiro atoms. The Morgan fingerprint density at radius 2 is 1.65 bits per heavy atom. The summed E-state index contributed by atoms with van der Waals surface area (Å²) in [5.41, 5.74) is 10.7. The van der Waals surface area contributed by atoms with Crippen molar-refractivity contribution >= 4 is 33.2 Å². The van der Waals surface area contributed by atoms with Crippen LogP contribution >= 0.6 is 15.9 Å². The maximum atomic E-state index is 12.4. The molecule has 2 aromatic carbocycles. The molecule has 20 heavy (non-hydrogen) atoms. The Bertz CT molecular complexity index is 657. The predicted molar refractivity (Wildman–Crippen MR) is 87.2 cm³/mol. The highest BCUT2D eigenvalue weighted by Gasteiger charge is 2.12. The van der Waals surface area contributed by atoms with E-state index in [2.05, 4.69) is 21.2 Å². The van der Waals surface area contributed by atoms with E-state index in [0.717, 1.165) is 26.9 Å². The summed E-state index contributed by atoms with van der Waals surface area (Å²) >= 11 is 3.45. The summed E-state index contributed by atoms with van der Waals surface area (Å²) in [6.45, 7) is 5.84. The van der Waals surface area contributed by atoms with Gasteiger partial charge in [-0.25, -0.2) is 0 Å². The Balaban J connectivity index is 2.35. The van der Waals surface area contributed by atoms with Crippen LogP contribution in [0.5, 0.6) is 0 Å². The highest BCUT2D eigenvalue weighted by atomic mass is 79.9. The lowest BCUT2D eigenvalue weighted by Gasteiger charge is -2.13. The SMILES string of the molecule is Cc1ccc(N)cc1C(=O)Nc1c(C)cc(Br)cc1C. The number of anilines is 2. The molecule has 0 saturated carbocycles. The molecular weight excluding hydrogens is 316 g/mol. The number of benzene rings is 2. The molecule has 0 aromatic heterocycles. The van der Waals surface area contributed by atoms with Crippen molar-refractivity contribution in [3.05, 3.63) is 57.1 Å². The van der Waals surface area contributed by atoms with E-state index in [0.29, 0.717) is 11.3 Å². The molecule has 1 amide bonds. The minimum Gasteiger partial charge on any atom is -0.399 e. The predicted octanol–water partition coefficient (Wildman–Crippen LogP) is 4.21. The Labute approximate surface area is 127 Å². The zero-order chi connectivity index (χ0) is 14.9. The monoisotopic (exact) mass is 332 g/mol. The van der Waals surface area contributed by atoms with Crippen LogP contribution in [0.25, 0.3) is 0 Å². The van der Waals surface area contributed by atoms with E-state index in [1.54, 1.807) is 12.1 Å². The third-order valence-electron chi connectivity index (χ3n) is 3.24. The van der Waals surface area contributed by atoms with Crippen molar-refractivity contribution in [1.29, 1.82) is 0 Å². The van der Waals surface area contributed by atoms with Crippen molar-refractivity contribution in [1.82, 2.24) is 0 Å². The van der Waals surface area contributed by atoms with Crippen LogP contribution in [0.4, 0.5) is 11.4 Å². The van der Waals surface area contributed by atoms with Gasteiger partial charge in [-0.2, -0.15) is 0 Å². The van der Waals surface area contributed by atoms with E-state index in [-0.39, 0.29) is 5.91 Å². The molecule has 3 nitrogen and oxygen atoms in total. The molecule has 104 valence electrons. The number of halogens is 1. The molecule has 3 N–H and O–H groups in total. The summed E-state index contributed by atoms with van der Waals surface area (Å²) in [6.07, 6.45) is 0. The van der Waals surface area contributed by atoms with Gasteiger partial charge in [0.15, 0.2) is 0 Å². The molecule has 2 aromatic rings. The van der Waals surface area contributed by atoms with Gasteiger partial charge < -0.3 is 11.1 Å². The van der Waals surface area contributed by atoms with Gasteiger partial charge in [0.25, 0.3) is 5.91 Å². The number of hydrogen-bond acceptors (Lipinski definition) is 2. The number of aryl methyl sites for hydroxylation is 3. The van der Waals surface area contributed by atoms with Gasteiger partial charge in [0, 0.05) is 21.4 Å². The Morgan fingerprint density at radius 1 is 1.05 bits per heavy atom. The van der Waals surface area contributed by atoms with Crippen LogP contribution in [0.3, 0.4) is 0 Å². The first-order chi connectivity index (χ1) is 9.38. The second-order valence-corrected chi connectivity index (χ2v) is 5.86. The summed E-state index contributed by atoms with van der Waals surface area (Å²) < 4.78 is 1.01. The standard InChI is InChI=1S/C16H17BrN2O/c1-9-4-5-13(18)8-14(9)16(20)19-15-10(2)6-12(17)7-11(15)3/h4-8H,18H2,1-3H3,(H,19,20). The maximum Gasteiger partial charge on any atom is 0.256 e. The van der Waals surface area contributed by atoms with E-state index < -0.39 is 0 Å². The van der Waals surface area contributed by atoms with E-state index >= 15 is 0 Å². The van der Waals surface area contributed by atoms with Gasteiger partial charge in [-0.3, -0.25) is 4.79 Å². The van der Waals surface area contributed by atoms with Gasteiger partial charge in [0.05, 0.1) is 0 Å². The van der Waals surface area contributed by atoms with Crippen LogP contribution in [0.2, 0.25) is 0 Å². The van der Waals surface area contributed by atoms with Crippen LogP contribution in [0, 0.1) is 20.8 Å². The third-order valence-corrected chi connectivity index (χ3v) is 3.70. The van der Waals surface area contributed by atoms with Gasteiger partial charge in [0.1, 0.15) is 0 Å². The number of rotatable bonds is 2. The van der Waals surface area contributed by atoms with Crippen molar-refractivity contribution in [3.63, 3.8) is 0 Å². The van der Waals surface area contributed by atoms with E-state index in [9.17, 15) is 4.79 Å². The third kappa shape index (κ3) is 3.02. The van der Waals surface area contributed by atoms with Crippen molar-refractivity contribution in [3.8, 4) is 0 Å². The average Bonchev–Trinajstić information content (AvgIpc) is 2.36. The lowest BCUT2D eigenvalue weighted by atomic mass is 10.1. The molecule has 0 bridgehead atoms. The van der Waals surface area contributed by atoms with Crippen LogP contribution in [-0.4, -0.2) is 5.91 Å². The average molecular weight is 333 g/mol. The normalized spacial score (nSPS) is 10.4. The fourth-order valence-corrected chi connectivity index (χ4v) is 2.86. The molecule has 0 fully saturated rings. The van der Waals surface area contributed by atoms with Gasteiger partial charge in [-0.1, -0.05) is 22.0 Å². The molecule has 0 radical (unpaired) electrons. The fourth-order valence-electron chi connectivity index (χ4n) is 2.17. The number of carbonyl (C=O) groups excluding carboxylic acids is 1. The van der Waals surface area contributed by atoms with E-state index in [1.165, 1.54) is 0 Å². The molecule has 2 rings (SSSR count). The first-order valence-electron chi connectivity index (χ1n) is 6.32. The van der Waals surface area contributed by atoms with E-state index in [4.69, 9.17) is 5.73 Å². The Kier molecular flexibility index (Phi) is 4.14. The molecule has 0 saturated heterocycles. The fraction of sp³-hybridized carbons (Fsp3) is 0.188. The van der Waals surface area contributed by atoms with Gasteiger partial charge in [-0.05, 0) is 61.7 Å². The largest absolute Gasteiger partial charge is 0.399 e. The minimum absolute atomic E-state index is 0.136.